The third kappa shape index (κ3) is 2.57. The number of ether oxygens (including phenoxy) is 1. The van der Waals surface area contributed by atoms with Gasteiger partial charge in [0.1, 0.15) is 6.54 Å². The summed E-state index contributed by atoms with van der Waals surface area (Å²) in [5.41, 5.74) is 0.246. The van der Waals surface area contributed by atoms with Gasteiger partial charge < -0.3 is 9.64 Å². The fourth-order valence-electron chi connectivity index (χ4n) is 5.31. The van der Waals surface area contributed by atoms with Gasteiger partial charge in [-0.25, -0.2) is 0 Å². The maximum absolute atomic E-state index is 12.4. The van der Waals surface area contributed by atoms with Gasteiger partial charge in [0.25, 0.3) is 0 Å². The average molecular weight is 279 g/mol. The van der Waals surface area contributed by atoms with Gasteiger partial charge in [-0.2, -0.15) is 0 Å². The molecular formula is C16H25NO3. The lowest BCUT2D eigenvalue weighted by molar-refractivity contribution is -0.149. The van der Waals surface area contributed by atoms with E-state index < -0.39 is 0 Å². The van der Waals surface area contributed by atoms with E-state index >= 15 is 0 Å². The summed E-state index contributed by atoms with van der Waals surface area (Å²) in [6.07, 6.45) is 8.51. The first kappa shape index (κ1) is 13.9. The second kappa shape index (κ2) is 5.05. The number of rotatable bonds is 4. The van der Waals surface area contributed by atoms with Crippen LogP contribution in [-0.2, 0) is 14.3 Å². The molecular weight excluding hydrogens is 254 g/mol. The van der Waals surface area contributed by atoms with Gasteiger partial charge in [-0.05, 0) is 61.7 Å². The van der Waals surface area contributed by atoms with Crippen LogP contribution in [0.5, 0.6) is 0 Å². The second-order valence-electron chi connectivity index (χ2n) is 7.42. The molecule has 112 valence electrons. The zero-order valence-corrected chi connectivity index (χ0v) is 12.6. The number of nitrogens with zero attached hydrogens (tertiary/aromatic N) is 1. The molecule has 0 aliphatic heterocycles. The number of methoxy groups -OCH3 is 1. The summed E-state index contributed by atoms with van der Waals surface area (Å²) in [5.74, 6) is 2.35. The molecule has 4 nitrogen and oxygen atoms in total. The van der Waals surface area contributed by atoms with Crippen molar-refractivity contribution in [2.45, 2.75) is 44.9 Å². The molecule has 4 heteroatoms. The summed E-state index contributed by atoms with van der Waals surface area (Å²) in [5, 5.41) is 0. The third-order valence-corrected chi connectivity index (χ3v) is 5.71. The smallest absolute Gasteiger partial charge is 0.325 e. The van der Waals surface area contributed by atoms with Crippen LogP contribution in [-0.4, -0.2) is 37.5 Å². The lowest BCUT2D eigenvalue weighted by atomic mass is 9.49. The number of hydrogen-bond acceptors (Lipinski definition) is 3. The van der Waals surface area contributed by atoms with Gasteiger partial charge >= 0.3 is 5.97 Å². The molecule has 0 radical (unpaired) electrons. The van der Waals surface area contributed by atoms with Crippen LogP contribution in [0, 0.1) is 23.2 Å². The molecule has 0 aromatic rings. The van der Waals surface area contributed by atoms with Gasteiger partial charge in [-0.1, -0.05) is 0 Å². The van der Waals surface area contributed by atoms with Crippen molar-refractivity contribution in [3.05, 3.63) is 0 Å². The first-order valence-electron chi connectivity index (χ1n) is 7.80. The number of carbonyl (C=O) groups excluding carboxylic acids is 2. The van der Waals surface area contributed by atoms with Crippen molar-refractivity contribution >= 4 is 11.9 Å². The van der Waals surface area contributed by atoms with Crippen molar-refractivity contribution in [1.82, 2.24) is 4.90 Å². The van der Waals surface area contributed by atoms with E-state index in [1.54, 1.807) is 7.05 Å². The molecule has 4 aliphatic carbocycles. The Balaban J connectivity index is 1.62. The molecule has 0 aromatic heterocycles. The lowest BCUT2D eigenvalue weighted by Gasteiger charge is -2.56. The van der Waals surface area contributed by atoms with Gasteiger partial charge in [0, 0.05) is 13.5 Å². The average Bonchev–Trinajstić information content (AvgIpc) is 2.36. The Bertz CT molecular complexity index is 383. The Morgan fingerprint density at radius 2 is 1.60 bits per heavy atom. The quantitative estimate of drug-likeness (QED) is 0.741. The number of likely N-dealkylation sites (N-methyl/N-ethyl adjacent to an activating group) is 1. The minimum atomic E-state index is -0.341. The second-order valence-corrected chi connectivity index (χ2v) is 7.42. The van der Waals surface area contributed by atoms with E-state index in [0.717, 1.165) is 17.8 Å². The molecule has 0 atom stereocenters. The van der Waals surface area contributed by atoms with Crippen LogP contribution in [0.25, 0.3) is 0 Å². The summed E-state index contributed by atoms with van der Waals surface area (Å²) in [6, 6.07) is 0. The minimum Gasteiger partial charge on any atom is -0.468 e. The van der Waals surface area contributed by atoms with Crippen LogP contribution in [0.1, 0.15) is 44.9 Å². The summed E-state index contributed by atoms with van der Waals surface area (Å²) in [4.78, 5) is 25.2. The SMILES string of the molecule is COC(=O)CN(C)C(=O)CC12CC3CC(CC(C3)C1)C2. The Hall–Kier alpha value is -1.06. The molecule has 0 heterocycles. The van der Waals surface area contributed by atoms with Gasteiger partial charge in [0.05, 0.1) is 7.11 Å². The maximum atomic E-state index is 12.4. The molecule has 0 spiro atoms. The first-order valence-corrected chi connectivity index (χ1v) is 7.80. The van der Waals surface area contributed by atoms with Crippen molar-refractivity contribution in [2.75, 3.05) is 20.7 Å². The Labute approximate surface area is 120 Å². The van der Waals surface area contributed by atoms with E-state index in [0.29, 0.717) is 6.42 Å². The maximum Gasteiger partial charge on any atom is 0.325 e. The van der Waals surface area contributed by atoms with Gasteiger partial charge in [0.15, 0.2) is 0 Å². The van der Waals surface area contributed by atoms with E-state index in [-0.39, 0.29) is 23.8 Å². The van der Waals surface area contributed by atoms with Crippen LogP contribution in [0.4, 0.5) is 0 Å². The highest BCUT2D eigenvalue weighted by Crippen LogP contribution is 2.61. The normalized spacial score (nSPS) is 37.8. The van der Waals surface area contributed by atoms with E-state index in [4.69, 9.17) is 0 Å². The van der Waals surface area contributed by atoms with Gasteiger partial charge in [0.2, 0.25) is 5.91 Å². The Morgan fingerprint density at radius 3 is 2.05 bits per heavy atom. The van der Waals surface area contributed by atoms with E-state index in [9.17, 15) is 9.59 Å². The van der Waals surface area contributed by atoms with Gasteiger partial charge in [-0.15, -0.1) is 0 Å². The van der Waals surface area contributed by atoms with Crippen LogP contribution < -0.4 is 0 Å². The molecule has 1 amide bonds. The Kier molecular flexibility index (Phi) is 3.51. The number of hydrogen-bond donors (Lipinski definition) is 0. The summed E-state index contributed by atoms with van der Waals surface area (Å²) < 4.78 is 4.63. The summed E-state index contributed by atoms with van der Waals surface area (Å²) in [6.45, 7) is 0.0711. The van der Waals surface area contributed by atoms with E-state index in [1.165, 1.54) is 50.5 Å². The van der Waals surface area contributed by atoms with Crippen molar-refractivity contribution < 1.29 is 14.3 Å². The highest BCUT2D eigenvalue weighted by molar-refractivity contribution is 5.82. The first-order chi connectivity index (χ1) is 9.49. The van der Waals surface area contributed by atoms with Crippen LogP contribution in [0.2, 0.25) is 0 Å². The van der Waals surface area contributed by atoms with Crippen LogP contribution in [0.15, 0.2) is 0 Å². The zero-order valence-electron chi connectivity index (χ0n) is 12.6. The molecule has 4 rings (SSSR count). The third-order valence-electron chi connectivity index (χ3n) is 5.71. The van der Waals surface area contributed by atoms with Gasteiger partial charge in [-0.3, -0.25) is 9.59 Å². The predicted molar refractivity (Wildman–Crippen MR) is 74.9 cm³/mol. The number of esters is 1. The molecule has 4 aliphatic rings. The fraction of sp³-hybridized carbons (Fsp3) is 0.875. The van der Waals surface area contributed by atoms with Crippen molar-refractivity contribution in [2.24, 2.45) is 23.2 Å². The van der Waals surface area contributed by atoms with Crippen molar-refractivity contribution in [1.29, 1.82) is 0 Å². The molecule has 20 heavy (non-hydrogen) atoms. The van der Waals surface area contributed by atoms with Crippen LogP contribution in [0.3, 0.4) is 0 Å². The molecule has 4 bridgehead atoms. The van der Waals surface area contributed by atoms with Crippen molar-refractivity contribution in [3.63, 3.8) is 0 Å². The van der Waals surface area contributed by atoms with E-state index in [2.05, 4.69) is 4.74 Å². The standard InChI is InChI=1S/C16H25NO3/c1-17(10-15(19)20-2)14(18)9-16-6-11-3-12(7-16)5-13(4-11)8-16/h11-13H,3-10H2,1-2H3. The number of carbonyl (C=O) groups is 2. The number of amides is 1. The lowest BCUT2D eigenvalue weighted by Crippen LogP contribution is -2.48. The molecule has 4 fully saturated rings. The molecule has 4 saturated carbocycles. The molecule has 0 saturated heterocycles. The summed E-state index contributed by atoms with van der Waals surface area (Å²) >= 11 is 0. The summed E-state index contributed by atoms with van der Waals surface area (Å²) in [7, 11) is 3.07. The molecule has 0 unspecified atom stereocenters. The largest absolute Gasteiger partial charge is 0.468 e. The highest BCUT2D eigenvalue weighted by atomic mass is 16.5. The van der Waals surface area contributed by atoms with Crippen molar-refractivity contribution in [3.8, 4) is 0 Å². The minimum absolute atomic E-state index is 0.0711. The Morgan fingerprint density at radius 1 is 1.10 bits per heavy atom. The highest BCUT2D eigenvalue weighted by Gasteiger charge is 2.51. The topological polar surface area (TPSA) is 46.6 Å². The van der Waals surface area contributed by atoms with E-state index in [1.807, 2.05) is 0 Å². The molecule has 0 N–H and O–H groups in total. The predicted octanol–water partition coefficient (Wildman–Crippen LogP) is 2.22. The monoisotopic (exact) mass is 279 g/mol. The van der Waals surface area contributed by atoms with Crippen LogP contribution >= 0.6 is 0 Å². The zero-order chi connectivity index (χ0) is 14.3. The molecule has 0 aromatic carbocycles. The fourth-order valence-corrected chi connectivity index (χ4v) is 5.31.